The fraction of sp³-hybridized carbons (Fsp3) is 0.900. The molecule has 0 radical (unpaired) electrons. The fourth-order valence-electron chi connectivity index (χ4n) is 2.03. The normalized spacial score (nSPS) is 23.6. The first kappa shape index (κ1) is 10.5. The summed E-state index contributed by atoms with van der Waals surface area (Å²) in [6.07, 6.45) is 4.31. The zero-order chi connectivity index (χ0) is 9.90. The van der Waals surface area contributed by atoms with E-state index in [-0.39, 0.29) is 5.41 Å². The number of aliphatic hydroxyl groups is 1. The van der Waals surface area contributed by atoms with Gasteiger partial charge in [-0.1, -0.05) is 26.2 Å². The van der Waals surface area contributed by atoms with Gasteiger partial charge in [-0.05, 0) is 12.8 Å². The van der Waals surface area contributed by atoms with Gasteiger partial charge in [0.25, 0.3) is 0 Å². The Labute approximate surface area is 79.1 Å². The maximum atomic E-state index is 11.1. The largest absolute Gasteiger partial charge is 0.467 e. The van der Waals surface area contributed by atoms with Crippen molar-refractivity contribution in [2.45, 2.75) is 45.1 Å². The Kier molecular flexibility index (Phi) is 3.31. The lowest BCUT2D eigenvalue weighted by molar-refractivity contribution is -0.159. The summed E-state index contributed by atoms with van der Waals surface area (Å²) < 4.78 is 4.54. The summed E-state index contributed by atoms with van der Waals surface area (Å²) in [5.74, 6) is -0.496. The summed E-state index contributed by atoms with van der Waals surface area (Å²) in [7, 11) is 1.32. The lowest BCUT2D eigenvalue weighted by Gasteiger charge is -2.36. The Bertz CT molecular complexity index is 183. The standard InChI is InChI=1S/C10H18O3/c1-10(6-4-3-5-7-10)8(11)9(12)13-2/h8,11H,3-7H2,1-2H3. The Hall–Kier alpha value is -0.570. The number of carbonyl (C=O) groups excluding carboxylic acids is 1. The number of carbonyl (C=O) groups is 1. The topological polar surface area (TPSA) is 46.5 Å². The molecule has 0 amide bonds. The number of hydrogen-bond donors (Lipinski definition) is 1. The molecule has 3 nitrogen and oxygen atoms in total. The lowest BCUT2D eigenvalue weighted by atomic mass is 9.72. The molecule has 0 aromatic rings. The quantitative estimate of drug-likeness (QED) is 0.665. The average molecular weight is 186 g/mol. The van der Waals surface area contributed by atoms with Gasteiger partial charge in [-0.25, -0.2) is 4.79 Å². The number of rotatable bonds is 2. The minimum absolute atomic E-state index is 0.259. The molecule has 1 unspecified atom stereocenters. The minimum Gasteiger partial charge on any atom is -0.467 e. The zero-order valence-electron chi connectivity index (χ0n) is 8.38. The summed E-state index contributed by atoms with van der Waals surface area (Å²) >= 11 is 0. The van der Waals surface area contributed by atoms with Gasteiger partial charge in [-0.15, -0.1) is 0 Å². The Morgan fingerprint density at radius 2 is 1.92 bits per heavy atom. The Morgan fingerprint density at radius 3 is 2.38 bits per heavy atom. The van der Waals surface area contributed by atoms with Gasteiger partial charge in [-0.3, -0.25) is 0 Å². The predicted molar refractivity (Wildman–Crippen MR) is 49.2 cm³/mol. The number of ether oxygens (including phenoxy) is 1. The molecule has 13 heavy (non-hydrogen) atoms. The van der Waals surface area contributed by atoms with Crippen LogP contribution in [0.4, 0.5) is 0 Å². The highest BCUT2D eigenvalue weighted by atomic mass is 16.5. The van der Waals surface area contributed by atoms with Crippen LogP contribution in [-0.2, 0) is 9.53 Å². The van der Waals surface area contributed by atoms with Crippen LogP contribution in [0.5, 0.6) is 0 Å². The summed E-state index contributed by atoms with van der Waals surface area (Å²) in [5, 5.41) is 9.73. The van der Waals surface area contributed by atoms with Crippen LogP contribution >= 0.6 is 0 Å². The van der Waals surface area contributed by atoms with Gasteiger partial charge in [-0.2, -0.15) is 0 Å². The first-order chi connectivity index (χ1) is 6.10. The molecule has 0 heterocycles. The first-order valence-electron chi connectivity index (χ1n) is 4.86. The summed E-state index contributed by atoms with van der Waals surface area (Å²) in [4.78, 5) is 11.1. The van der Waals surface area contributed by atoms with Crippen LogP contribution in [0, 0.1) is 5.41 Å². The van der Waals surface area contributed by atoms with E-state index in [1.165, 1.54) is 13.5 Å². The van der Waals surface area contributed by atoms with Gasteiger partial charge in [0.2, 0.25) is 0 Å². The summed E-state index contributed by atoms with van der Waals surface area (Å²) in [5.41, 5.74) is -0.259. The molecule has 1 saturated carbocycles. The van der Waals surface area contributed by atoms with Crippen LogP contribution in [0.3, 0.4) is 0 Å². The molecule has 0 saturated heterocycles. The van der Waals surface area contributed by atoms with Crippen molar-refractivity contribution in [2.24, 2.45) is 5.41 Å². The highest BCUT2D eigenvalue weighted by Crippen LogP contribution is 2.39. The number of methoxy groups -OCH3 is 1. The van der Waals surface area contributed by atoms with E-state index in [1.807, 2.05) is 6.92 Å². The van der Waals surface area contributed by atoms with E-state index in [0.717, 1.165) is 25.7 Å². The lowest BCUT2D eigenvalue weighted by Crippen LogP contribution is -2.40. The van der Waals surface area contributed by atoms with Crippen LogP contribution in [0.2, 0.25) is 0 Å². The minimum atomic E-state index is -0.946. The second kappa shape index (κ2) is 4.09. The van der Waals surface area contributed by atoms with Gasteiger partial charge >= 0.3 is 5.97 Å². The molecule has 1 rings (SSSR count). The number of esters is 1. The van der Waals surface area contributed by atoms with Crippen LogP contribution < -0.4 is 0 Å². The van der Waals surface area contributed by atoms with Crippen molar-refractivity contribution < 1.29 is 14.6 Å². The predicted octanol–water partition coefficient (Wildman–Crippen LogP) is 1.49. The monoisotopic (exact) mass is 186 g/mol. The zero-order valence-corrected chi connectivity index (χ0v) is 8.38. The molecule has 76 valence electrons. The maximum Gasteiger partial charge on any atom is 0.335 e. The van der Waals surface area contributed by atoms with Gasteiger partial charge in [0.15, 0.2) is 6.10 Å². The van der Waals surface area contributed by atoms with Crippen LogP contribution in [0.25, 0.3) is 0 Å². The van der Waals surface area contributed by atoms with E-state index in [9.17, 15) is 9.90 Å². The molecule has 0 spiro atoms. The van der Waals surface area contributed by atoms with Crippen LogP contribution in [0.15, 0.2) is 0 Å². The van der Waals surface area contributed by atoms with E-state index in [2.05, 4.69) is 4.74 Å². The van der Waals surface area contributed by atoms with Crippen molar-refractivity contribution in [1.29, 1.82) is 0 Å². The molecule has 1 N–H and O–H groups in total. The number of aliphatic hydroxyl groups excluding tert-OH is 1. The summed E-state index contributed by atoms with van der Waals surface area (Å²) in [6, 6.07) is 0. The van der Waals surface area contributed by atoms with Crippen molar-refractivity contribution in [2.75, 3.05) is 7.11 Å². The fourth-order valence-corrected chi connectivity index (χ4v) is 2.03. The molecule has 0 aromatic heterocycles. The molecule has 1 atom stereocenters. The highest BCUT2D eigenvalue weighted by Gasteiger charge is 2.39. The van der Waals surface area contributed by atoms with Crippen molar-refractivity contribution in [3.8, 4) is 0 Å². The molecule has 0 aromatic carbocycles. The first-order valence-corrected chi connectivity index (χ1v) is 4.86. The third-order valence-electron chi connectivity index (χ3n) is 3.08. The Balaban J connectivity index is 2.61. The van der Waals surface area contributed by atoms with Gasteiger partial charge in [0.1, 0.15) is 0 Å². The second-order valence-electron chi connectivity index (χ2n) is 4.14. The summed E-state index contributed by atoms with van der Waals surface area (Å²) in [6.45, 7) is 1.97. The van der Waals surface area contributed by atoms with Crippen LogP contribution in [-0.4, -0.2) is 24.3 Å². The third-order valence-corrected chi connectivity index (χ3v) is 3.08. The maximum absolute atomic E-state index is 11.1. The molecular weight excluding hydrogens is 168 g/mol. The Morgan fingerprint density at radius 1 is 1.38 bits per heavy atom. The van der Waals surface area contributed by atoms with Gasteiger partial charge < -0.3 is 9.84 Å². The van der Waals surface area contributed by atoms with E-state index in [4.69, 9.17) is 0 Å². The average Bonchev–Trinajstić information content (AvgIpc) is 2.16. The smallest absolute Gasteiger partial charge is 0.335 e. The van der Waals surface area contributed by atoms with Crippen molar-refractivity contribution >= 4 is 5.97 Å². The van der Waals surface area contributed by atoms with Crippen molar-refractivity contribution in [3.63, 3.8) is 0 Å². The van der Waals surface area contributed by atoms with Gasteiger partial charge in [0.05, 0.1) is 7.11 Å². The molecular formula is C10H18O3. The van der Waals surface area contributed by atoms with E-state index in [0.29, 0.717) is 0 Å². The van der Waals surface area contributed by atoms with E-state index < -0.39 is 12.1 Å². The second-order valence-corrected chi connectivity index (χ2v) is 4.14. The molecule has 0 aliphatic heterocycles. The van der Waals surface area contributed by atoms with Crippen molar-refractivity contribution in [3.05, 3.63) is 0 Å². The third kappa shape index (κ3) is 2.21. The van der Waals surface area contributed by atoms with Crippen LogP contribution in [0.1, 0.15) is 39.0 Å². The molecule has 0 bridgehead atoms. The van der Waals surface area contributed by atoms with Crippen molar-refractivity contribution in [1.82, 2.24) is 0 Å². The van der Waals surface area contributed by atoms with E-state index >= 15 is 0 Å². The molecule has 1 aliphatic carbocycles. The number of hydrogen-bond acceptors (Lipinski definition) is 3. The molecule has 1 aliphatic rings. The molecule has 1 fully saturated rings. The SMILES string of the molecule is COC(=O)C(O)C1(C)CCCCC1. The highest BCUT2D eigenvalue weighted by molar-refractivity contribution is 5.75. The van der Waals surface area contributed by atoms with Gasteiger partial charge in [0, 0.05) is 5.41 Å². The molecule has 3 heteroatoms. The van der Waals surface area contributed by atoms with E-state index in [1.54, 1.807) is 0 Å².